The minimum atomic E-state index is -0.666. The van der Waals surface area contributed by atoms with E-state index in [4.69, 9.17) is 25.8 Å². The summed E-state index contributed by atoms with van der Waals surface area (Å²) in [6.45, 7) is 6.40. The van der Waals surface area contributed by atoms with E-state index in [1.165, 1.54) is 0 Å². The van der Waals surface area contributed by atoms with Crippen LogP contribution in [0.5, 0.6) is 11.5 Å². The van der Waals surface area contributed by atoms with E-state index in [9.17, 15) is 9.59 Å². The van der Waals surface area contributed by atoms with Crippen molar-refractivity contribution in [3.8, 4) is 11.5 Å². The Balaban J connectivity index is 1.61. The standard InChI is InChI=1S/C31H27BrClNO5/c1-4-37-24-15-19(14-23(32)30(24)39-16-18-10-12-20(33)13-11-18)26-25(31(36)38-5-2)17(3)34-28-21-8-6-7-9-22(21)29(35)27(26)28/h6-15,26,34H,4-5,16H2,1-3H3/t26-/m0/s1. The van der Waals surface area contributed by atoms with Gasteiger partial charge < -0.3 is 19.5 Å². The molecule has 3 aromatic rings. The number of dihydropyridines is 1. The molecule has 0 spiro atoms. The first-order chi connectivity index (χ1) is 18.8. The number of ketones is 1. The van der Waals surface area contributed by atoms with Crippen molar-refractivity contribution < 1.29 is 23.8 Å². The molecule has 6 nitrogen and oxygen atoms in total. The lowest BCUT2D eigenvalue weighted by molar-refractivity contribution is -0.138. The lowest BCUT2D eigenvalue weighted by Gasteiger charge is -2.30. The number of nitrogens with one attached hydrogen (secondary N) is 1. The highest BCUT2D eigenvalue weighted by Gasteiger charge is 2.43. The molecular weight excluding hydrogens is 582 g/mol. The molecule has 0 aromatic heterocycles. The molecule has 1 N–H and O–H groups in total. The lowest BCUT2D eigenvalue weighted by atomic mass is 9.79. The van der Waals surface area contributed by atoms with E-state index in [0.717, 1.165) is 11.1 Å². The van der Waals surface area contributed by atoms with Gasteiger partial charge in [0.2, 0.25) is 0 Å². The highest BCUT2D eigenvalue weighted by molar-refractivity contribution is 9.10. The molecule has 0 bridgehead atoms. The minimum Gasteiger partial charge on any atom is -0.490 e. The van der Waals surface area contributed by atoms with Crippen molar-refractivity contribution in [2.45, 2.75) is 33.3 Å². The first-order valence-corrected chi connectivity index (χ1v) is 13.9. The van der Waals surface area contributed by atoms with Crippen molar-refractivity contribution in [1.29, 1.82) is 0 Å². The Morgan fingerprint density at radius 1 is 1.00 bits per heavy atom. The zero-order valence-electron chi connectivity index (χ0n) is 21.8. The topological polar surface area (TPSA) is 73.9 Å². The molecule has 0 saturated carbocycles. The van der Waals surface area contributed by atoms with Crippen LogP contribution in [0, 0.1) is 0 Å². The molecule has 1 atom stereocenters. The molecular formula is C31H27BrClNO5. The largest absolute Gasteiger partial charge is 0.490 e. The third-order valence-corrected chi connectivity index (χ3v) is 7.55. The van der Waals surface area contributed by atoms with Gasteiger partial charge in [-0.15, -0.1) is 0 Å². The fourth-order valence-corrected chi connectivity index (χ4v) is 5.74. The first-order valence-electron chi connectivity index (χ1n) is 12.7. The second-order valence-corrected chi connectivity index (χ2v) is 10.4. The molecule has 5 rings (SSSR count). The fourth-order valence-electron chi connectivity index (χ4n) is 5.04. The van der Waals surface area contributed by atoms with E-state index < -0.39 is 11.9 Å². The summed E-state index contributed by atoms with van der Waals surface area (Å²) < 4.78 is 18.3. The van der Waals surface area contributed by atoms with E-state index >= 15 is 0 Å². The van der Waals surface area contributed by atoms with Crippen LogP contribution in [0.25, 0.3) is 5.70 Å². The van der Waals surface area contributed by atoms with E-state index in [2.05, 4.69) is 21.2 Å². The van der Waals surface area contributed by atoms with Gasteiger partial charge in [0, 0.05) is 33.3 Å². The number of carbonyl (C=O) groups excluding carboxylic acids is 2. The van der Waals surface area contributed by atoms with Crippen LogP contribution < -0.4 is 14.8 Å². The van der Waals surface area contributed by atoms with E-state index in [1.54, 1.807) is 6.92 Å². The summed E-state index contributed by atoms with van der Waals surface area (Å²) in [4.78, 5) is 27.0. The van der Waals surface area contributed by atoms with Gasteiger partial charge in [0.05, 0.1) is 29.0 Å². The van der Waals surface area contributed by atoms with Crippen molar-refractivity contribution in [3.05, 3.63) is 109 Å². The van der Waals surface area contributed by atoms with Crippen molar-refractivity contribution in [3.63, 3.8) is 0 Å². The van der Waals surface area contributed by atoms with Gasteiger partial charge in [-0.3, -0.25) is 4.79 Å². The number of rotatable bonds is 8. The van der Waals surface area contributed by atoms with Gasteiger partial charge in [0.15, 0.2) is 17.3 Å². The number of Topliss-reactive ketones (excluding diaryl/α,β-unsaturated/α-hetero) is 1. The number of fused-ring (bicyclic) bond motifs is 2. The van der Waals surface area contributed by atoms with Crippen molar-refractivity contribution in [1.82, 2.24) is 5.32 Å². The number of benzene rings is 3. The third kappa shape index (κ3) is 5.09. The Morgan fingerprint density at radius 2 is 1.72 bits per heavy atom. The van der Waals surface area contributed by atoms with Gasteiger partial charge >= 0.3 is 5.97 Å². The molecule has 1 heterocycles. The summed E-state index contributed by atoms with van der Waals surface area (Å²) >= 11 is 9.68. The highest BCUT2D eigenvalue weighted by Crippen LogP contribution is 2.49. The zero-order chi connectivity index (χ0) is 27.7. The number of hydrogen-bond donors (Lipinski definition) is 1. The van der Waals surface area contributed by atoms with Gasteiger partial charge in [-0.05, 0) is 72.1 Å². The third-order valence-electron chi connectivity index (χ3n) is 6.71. The van der Waals surface area contributed by atoms with Crippen LogP contribution in [0.1, 0.15) is 53.7 Å². The maximum atomic E-state index is 13.7. The van der Waals surface area contributed by atoms with E-state index in [-0.39, 0.29) is 12.4 Å². The lowest BCUT2D eigenvalue weighted by Crippen LogP contribution is -2.29. The molecule has 0 unspecified atom stereocenters. The van der Waals surface area contributed by atoms with Crippen LogP contribution in [0.15, 0.2) is 82.0 Å². The summed E-state index contributed by atoms with van der Waals surface area (Å²) in [5.74, 6) is -0.232. The average Bonchev–Trinajstić information content (AvgIpc) is 3.20. The molecule has 2 aliphatic rings. The summed E-state index contributed by atoms with van der Waals surface area (Å²) in [6, 6.07) is 18.6. The molecule has 1 aliphatic heterocycles. The van der Waals surface area contributed by atoms with Crippen molar-refractivity contribution in [2.75, 3.05) is 13.2 Å². The number of allylic oxidation sites excluding steroid dienone is 2. The zero-order valence-corrected chi connectivity index (χ0v) is 24.1. The predicted octanol–water partition coefficient (Wildman–Crippen LogP) is 7.21. The minimum absolute atomic E-state index is 0.121. The van der Waals surface area contributed by atoms with Crippen LogP contribution in [-0.2, 0) is 16.1 Å². The molecule has 0 amide bonds. The molecule has 1 aliphatic carbocycles. The van der Waals surface area contributed by atoms with Crippen LogP contribution in [0.2, 0.25) is 5.02 Å². The number of hydrogen-bond acceptors (Lipinski definition) is 6. The fraction of sp³-hybridized carbons (Fsp3) is 0.226. The smallest absolute Gasteiger partial charge is 0.336 e. The Hall–Kier alpha value is -3.55. The average molecular weight is 609 g/mol. The van der Waals surface area contributed by atoms with Crippen molar-refractivity contribution >= 4 is 45.0 Å². The van der Waals surface area contributed by atoms with Crippen LogP contribution in [-0.4, -0.2) is 25.0 Å². The summed E-state index contributed by atoms with van der Waals surface area (Å²) in [5.41, 5.74) is 5.32. The number of esters is 1. The maximum Gasteiger partial charge on any atom is 0.336 e. The number of carbonyl (C=O) groups is 2. The second kappa shape index (κ2) is 11.3. The van der Waals surface area contributed by atoms with E-state index in [1.807, 2.05) is 74.5 Å². The van der Waals surface area contributed by atoms with E-state index in [0.29, 0.717) is 67.9 Å². The van der Waals surface area contributed by atoms with Crippen LogP contribution >= 0.6 is 27.5 Å². The summed E-state index contributed by atoms with van der Waals surface area (Å²) in [6.07, 6.45) is 0. The van der Waals surface area contributed by atoms with Crippen LogP contribution in [0.4, 0.5) is 0 Å². The summed E-state index contributed by atoms with van der Waals surface area (Å²) in [7, 11) is 0. The molecule has 0 saturated heterocycles. The Kier molecular flexibility index (Phi) is 7.82. The molecule has 8 heteroatoms. The molecule has 39 heavy (non-hydrogen) atoms. The second-order valence-electron chi connectivity index (χ2n) is 9.16. The maximum absolute atomic E-state index is 13.7. The number of ether oxygens (including phenoxy) is 3. The van der Waals surface area contributed by atoms with Crippen LogP contribution in [0.3, 0.4) is 0 Å². The van der Waals surface area contributed by atoms with Gasteiger partial charge in [0.25, 0.3) is 0 Å². The Morgan fingerprint density at radius 3 is 2.41 bits per heavy atom. The molecule has 0 fully saturated rings. The quantitative estimate of drug-likeness (QED) is 0.273. The number of halogens is 2. The molecule has 0 radical (unpaired) electrons. The summed E-state index contributed by atoms with van der Waals surface area (Å²) in [5, 5.41) is 3.97. The van der Waals surface area contributed by atoms with Crippen molar-refractivity contribution in [2.24, 2.45) is 0 Å². The highest BCUT2D eigenvalue weighted by atomic mass is 79.9. The predicted molar refractivity (Wildman–Crippen MR) is 154 cm³/mol. The molecule has 3 aromatic carbocycles. The first kappa shape index (κ1) is 27.0. The molecule has 200 valence electrons. The van der Waals surface area contributed by atoms with Gasteiger partial charge in [0.1, 0.15) is 6.61 Å². The Bertz CT molecular complexity index is 1530. The van der Waals surface area contributed by atoms with Gasteiger partial charge in [-0.25, -0.2) is 4.79 Å². The SMILES string of the molecule is CCOC(=O)C1=C(C)NC2=C(C(=O)c3ccccc32)[C@H]1c1cc(Br)c(OCc2ccc(Cl)cc2)c(OCC)c1. The monoisotopic (exact) mass is 607 g/mol. The van der Waals surface area contributed by atoms with Gasteiger partial charge in [-0.2, -0.15) is 0 Å². The Labute approximate surface area is 240 Å². The van der Waals surface area contributed by atoms with Gasteiger partial charge in [-0.1, -0.05) is 48.0 Å². The normalized spacial score (nSPS) is 16.0.